The van der Waals surface area contributed by atoms with Crippen LogP contribution in [0, 0.1) is 11.3 Å². The standard InChI is InChI=1S/C23H22F3N3O/c24-23(25,26)18-10-8-16(9-11-18)15-4-6-17(7-5-15)19-13-22(19,14-27)29-21(30)20-3-1-2-12-28-20/h4-11,19-20,28H,1-3,12-13H2,(H,29,30)/t19-,20-,22?/m0/s1. The Labute approximate surface area is 173 Å². The molecule has 2 aliphatic rings. The maximum absolute atomic E-state index is 12.7. The van der Waals surface area contributed by atoms with Crippen LogP contribution in [0.2, 0.25) is 0 Å². The zero-order valence-electron chi connectivity index (χ0n) is 16.3. The maximum Gasteiger partial charge on any atom is 0.416 e. The number of nitrogens with zero attached hydrogens (tertiary/aromatic N) is 1. The molecule has 0 radical (unpaired) electrons. The quantitative estimate of drug-likeness (QED) is 0.782. The molecule has 1 saturated carbocycles. The van der Waals surface area contributed by atoms with Crippen molar-refractivity contribution < 1.29 is 18.0 Å². The van der Waals surface area contributed by atoms with Gasteiger partial charge in [-0.2, -0.15) is 18.4 Å². The summed E-state index contributed by atoms with van der Waals surface area (Å²) in [4.78, 5) is 12.5. The Kier molecular flexibility index (Phi) is 5.29. The number of hydrogen-bond donors (Lipinski definition) is 2. The molecule has 156 valence electrons. The SMILES string of the molecule is N#CC1(NC(=O)[C@@H]2CCCCN2)C[C@H]1c1ccc(-c2ccc(C(F)(F)F)cc2)cc1. The van der Waals surface area contributed by atoms with Crippen LogP contribution >= 0.6 is 0 Å². The number of rotatable bonds is 4. The highest BCUT2D eigenvalue weighted by molar-refractivity contribution is 5.84. The Bertz CT molecular complexity index is 957. The second-order valence-electron chi connectivity index (χ2n) is 8.03. The number of carbonyl (C=O) groups excluding carboxylic acids is 1. The van der Waals surface area contributed by atoms with E-state index in [1.54, 1.807) is 0 Å². The molecule has 0 bridgehead atoms. The summed E-state index contributed by atoms with van der Waals surface area (Å²) in [5, 5.41) is 15.8. The molecule has 1 amide bonds. The number of carbonyl (C=O) groups is 1. The number of nitriles is 1. The van der Waals surface area contributed by atoms with Crippen LogP contribution in [0.4, 0.5) is 13.2 Å². The van der Waals surface area contributed by atoms with Gasteiger partial charge in [0.15, 0.2) is 0 Å². The van der Waals surface area contributed by atoms with Crippen molar-refractivity contribution in [3.05, 3.63) is 59.7 Å². The van der Waals surface area contributed by atoms with Crippen LogP contribution < -0.4 is 10.6 Å². The highest BCUT2D eigenvalue weighted by atomic mass is 19.4. The number of amides is 1. The van der Waals surface area contributed by atoms with Gasteiger partial charge in [-0.15, -0.1) is 0 Å². The lowest BCUT2D eigenvalue weighted by molar-refractivity contribution is -0.137. The molecule has 2 fully saturated rings. The van der Waals surface area contributed by atoms with E-state index in [4.69, 9.17) is 0 Å². The van der Waals surface area contributed by atoms with E-state index in [0.29, 0.717) is 12.0 Å². The Morgan fingerprint density at radius 3 is 2.23 bits per heavy atom. The molecule has 1 heterocycles. The van der Waals surface area contributed by atoms with Gasteiger partial charge in [0.05, 0.1) is 17.7 Å². The van der Waals surface area contributed by atoms with Gasteiger partial charge in [-0.05, 0) is 54.6 Å². The Balaban J connectivity index is 1.44. The minimum absolute atomic E-state index is 0.0864. The Hall–Kier alpha value is -2.85. The van der Waals surface area contributed by atoms with Crippen LogP contribution in [-0.2, 0) is 11.0 Å². The predicted octanol–water partition coefficient (Wildman–Crippen LogP) is 4.38. The first-order valence-electron chi connectivity index (χ1n) is 10.1. The third kappa shape index (κ3) is 4.05. The van der Waals surface area contributed by atoms with Crippen molar-refractivity contribution >= 4 is 5.91 Å². The summed E-state index contributed by atoms with van der Waals surface area (Å²) in [6.45, 7) is 0.812. The number of benzene rings is 2. The van der Waals surface area contributed by atoms with Gasteiger partial charge in [0.1, 0.15) is 5.54 Å². The van der Waals surface area contributed by atoms with Crippen molar-refractivity contribution in [2.24, 2.45) is 0 Å². The van der Waals surface area contributed by atoms with Crippen molar-refractivity contribution in [2.45, 2.75) is 49.4 Å². The van der Waals surface area contributed by atoms with Gasteiger partial charge in [0.2, 0.25) is 5.91 Å². The molecule has 30 heavy (non-hydrogen) atoms. The molecular formula is C23H22F3N3O. The molecule has 1 unspecified atom stereocenters. The molecule has 1 saturated heterocycles. The second-order valence-corrected chi connectivity index (χ2v) is 8.03. The molecule has 4 nitrogen and oxygen atoms in total. The first-order valence-corrected chi connectivity index (χ1v) is 10.1. The van der Waals surface area contributed by atoms with Crippen molar-refractivity contribution in [2.75, 3.05) is 6.54 Å². The first-order chi connectivity index (χ1) is 14.3. The van der Waals surface area contributed by atoms with E-state index in [-0.39, 0.29) is 17.9 Å². The normalized spacial score (nSPS) is 25.9. The number of piperidine rings is 1. The van der Waals surface area contributed by atoms with Gasteiger partial charge < -0.3 is 10.6 Å². The highest BCUT2D eigenvalue weighted by Crippen LogP contribution is 2.51. The van der Waals surface area contributed by atoms with Crippen molar-refractivity contribution in [3.8, 4) is 17.2 Å². The third-order valence-electron chi connectivity index (χ3n) is 5.99. The molecule has 4 rings (SSSR count). The summed E-state index contributed by atoms with van der Waals surface area (Å²) in [5.74, 6) is -0.211. The van der Waals surface area contributed by atoms with Crippen LogP contribution in [0.5, 0.6) is 0 Å². The van der Waals surface area contributed by atoms with Crippen LogP contribution in [0.25, 0.3) is 11.1 Å². The lowest BCUT2D eigenvalue weighted by Gasteiger charge is -2.24. The molecule has 2 aromatic rings. The lowest BCUT2D eigenvalue weighted by Crippen LogP contribution is -2.50. The van der Waals surface area contributed by atoms with E-state index in [2.05, 4.69) is 16.7 Å². The highest BCUT2D eigenvalue weighted by Gasteiger charge is 2.57. The molecule has 3 atom stereocenters. The summed E-state index contributed by atoms with van der Waals surface area (Å²) < 4.78 is 38.2. The van der Waals surface area contributed by atoms with E-state index in [0.717, 1.165) is 49.1 Å². The Morgan fingerprint density at radius 2 is 1.70 bits per heavy atom. The lowest BCUT2D eigenvalue weighted by atomic mass is 9.99. The second kappa shape index (κ2) is 7.77. The molecule has 2 N–H and O–H groups in total. The van der Waals surface area contributed by atoms with Gasteiger partial charge in [-0.25, -0.2) is 0 Å². The van der Waals surface area contributed by atoms with E-state index < -0.39 is 17.3 Å². The van der Waals surface area contributed by atoms with Gasteiger partial charge in [0.25, 0.3) is 0 Å². The predicted molar refractivity (Wildman–Crippen MR) is 106 cm³/mol. The summed E-state index contributed by atoms with van der Waals surface area (Å²) in [6, 6.07) is 14.5. The Morgan fingerprint density at radius 1 is 1.07 bits per heavy atom. The summed E-state index contributed by atoms with van der Waals surface area (Å²) >= 11 is 0. The fraction of sp³-hybridized carbons (Fsp3) is 0.391. The largest absolute Gasteiger partial charge is 0.416 e. The topological polar surface area (TPSA) is 64.9 Å². The van der Waals surface area contributed by atoms with Crippen molar-refractivity contribution in [3.63, 3.8) is 0 Å². The van der Waals surface area contributed by atoms with Gasteiger partial charge in [0, 0.05) is 5.92 Å². The van der Waals surface area contributed by atoms with Crippen LogP contribution in [0.1, 0.15) is 42.7 Å². The van der Waals surface area contributed by atoms with Gasteiger partial charge >= 0.3 is 6.18 Å². The average molecular weight is 413 g/mol. The zero-order chi connectivity index (χ0) is 21.4. The zero-order valence-corrected chi connectivity index (χ0v) is 16.3. The molecule has 0 spiro atoms. The minimum atomic E-state index is -4.35. The summed E-state index contributed by atoms with van der Waals surface area (Å²) in [6.07, 6.45) is -0.964. The fourth-order valence-electron chi connectivity index (χ4n) is 4.10. The van der Waals surface area contributed by atoms with Crippen LogP contribution in [-0.4, -0.2) is 24.0 Å². The van der Waals surface area contributed by atoms with Gasteiger partial charge in [-0.1, -0.05) is 42.8 Å². The molecule has 1 aliphatic carbocycles. The monoisotopic (exact) mass is 413 g/mol. The van der Waals surface area contributed by atoms with E-state index >= 15 is 0 Å². The fourth-order valence-corrected chi connectivity index (χ4v) is 4.10. The van der Waals surface area contributed by atoms with Crippen molar-refractivity contribution in [1.82, 2.24) is 10.6 Å². The molecule has 0 aromatic heterocycles. The first kappa shape index (κ1) is 20.4. The molecular weight excluding hydrogens is 391 g/mol. The van der Waals surface area contributed by atoms with E-state index in [9.17, 15) is 23.2 Å². The number of halogens is 3. The third-order valence-corrected chi connectivity index (χ3v) is 5.99. The van der Waals surface area contributed by atoms with E-state index in [1.807, 2.05) is 24.3 Å². The smallest absolute Gasteiger partial charge is 0.336 e. The molecule has 7 heteroatoms. The minimum Gasteiger partial charge on any atom is -0.336 e. The maximum atomic E-state index is 12.7. The summed E-state index contributed by atoms with van der Waals surface area (Å²) in [7, 11) is 0. The molecule has 1 aliphatic heterocycles. The van der Waals surface area contributed by atoms with Crippen LogP contribution in [0.3, 0.4) is 0 Å². The number of hydrogen-bond acceptors (Lipinski definition) is 3. The van der Waals surface area contributed by atoms with Gasteiger partial charge in [-0.3, -0.25) is 4.79 Å². The summed E-state index contributed by atoms with van der Waals surface area (Å²) in [5.41, 5.74) is 0.859. The van der Waals surface area contributed by atoms with E-state index in [1.165, 1.54) is 12.1 Å². The molecule has 2 aromatic carbocycles. The average Bonchev–Trinajstić information content (AvgIpc) is 3.48. The number of nitrogens with one attached hydrogen (secondary N) is 2. The van der Waals surface area contributed by atoms with Crippen LogP contribution in [0.15, 0.2) is 48.5 Å². The number of alkyl halides is 3. The van der Waals surface area contributed by atoms with Crippen molar-refractivity contribution in [1.29, 1.82) is 5.26 Å².